The number of carbonyl (C=O) groups excluding carboxylic acids is 1. The number of likely N-dealkylation sites (N-methyl/N-ethyl adjacent to an activating group) is 1. The van der Waals surface area contributed by atoms with Gasteiger partial charge in [-0.15, -0.1) is 0 Å². The Labute approximate surface area is 135 Å². The first kappa shape index (κ1) is 16.5. The summed E-state index contributed by atoms with van der Waals surface area (Å²) in [5.74, 6) is 0.132. The second kappa shape index (κ2) is 7.92. The second-order valence-corrected chi connectivity index (χ2v) is 6.45. The van der Waals surface area contributed by atoms with Gasteiger partial charge in [0.1, 0.15) is 6.04 Å². The van der Waals surface area contributed by atoms with Gasteiger partial charge in [-0.2, -0.15) is 0 Å². The third-order valence-corrected chi connectivity index (χ3v) is 4.48. The van der Waals surface area contributed by atoms with Crippen molar-refractivity contribution in [3.8, 4) is 0 Å². The van der Waals surface area contributed by atoms with Crippen molar-refractivity contribution in [1.82, 2.24) is 15.5 Å². The summed E-state index contributed by atoms with van der Waals surface area (Å²) >= 11 is 3.46. The number of amides is 1. The standard InChI is InChI=1S/C16H24BrN3O/c1-3-19-16(21)15-11-18-8-9-20(15)12(2)10-13-4-6-14(17)7-5-13/h4-7,12,15,18H,3,8-11H2,1-2H3,(H,19,21). The molecule has 0 saturated carbocycles. The summed E-state index contributed by atoms with van der Waals surface area (Å²) in [6.07, 6.45) is 0.961. The molecule has 1 fully saturated rings. The number of nitrogens with zero attached hydrogens (tertiary/aromatic N) is 1. The molecule has 2 atom stereocenters. The first-order valence-electron chi connectivity index (χ1n) is 7.60. The monoisotopic (exact) mass is 353 g/mol. The van der Waals surface area contributed by atoms with Crippen LogP contribution in [0.2, 0.25) is 0 Å². The van der Waals surface area contributed by atoms with E-state index in [-0.39, 0.29) is 11.9 Å². The molecule has 0 radical (unpaired) electrons. The van der Waals surface area contributed by atoms with Crippen LogP contribution in [-0.2, 0) is 11.2 Å². The van der Waals surface area contributed by atoms with Gasteiger partial charge in [-0.3, -0.25) is 9.69 Å². The molecule has 1 aromatic carbocycles. The molecule has 1 amide bonds. The number of carbonyl (C=O) groups is 1. The quantitative estimate of drug-likeness (QED) is 0.848. The SMILES string of the molecule is CCNC(=O)C1CNCCN1C(C)Cc1ccc(Br)cc1. The molecule has 0 aliphatic carbocycles. The minimum atomic E-state index is -0.0656. The normalized spacial score (nSPS) is 21.0. The minimum absolute atomic E-state index is 0.0656. The van der Waals surface area contributed by atoms with E-state index in [2.05, 4.69) is 62.7 Å². The number of nitrogens with one attached hydrogen (secondary N) is 2. The summed E-state index contributed by atoms with van der Waals surface area (Å²) in [7, 11) is 0. The molecule has 5 heteroatoms. The molecule has 0 bridgehead atoms. The topological polar surface area (TPSA) is 44.4 Å². The van der Waals surface area contributed by atoms with Crippen molar-refractivity contribution < 1.29 is 4.79 Å². The van der Waals surface area contributed by atoms with E-state index >= 15 is 0 Å². The average Bonchev–Trinajstić information content (AvgIpc) is 2.50. The van der Waals surface area contributed by atoms with Crippen LogP contribution < -0.4 is 10.6 Å². The van der Waals surface area contributed by atoms with Gasteiger partial charge in [-0.1, -0.05) is 28.1 Å². The average molecular weight is 354 g/mol. The highest BCUT2D eigenvalue weighted by Crippen LogP contribution is 2.16. The van der Waals surface area contributed by atoms with Crippen molar-refractivity contribution in [2.24, 2.45) is 0 Å². The zero-order valence-corrected chi connectivity index (χ0v) is 14.3. The number of halogens is 1. The van der Waals surface area contributed by atoms with Crippen molar-refractivity contribution in [2.75, 3.05) is 26.2 Å². The smallest absolute Gasteiger partial charge is 0.238 e. The van der Waals surface area contributed by atoms with E-state index in [1.165, 1.54) is 5.56 Å². The van der Waals surface area contributed by atoms with Crippen molar-refractivity contribution in [3.05, 3.63) is 34.3 Å². The van der Waals surface area contributed by atoms with Gasteiger partial charge < -0.3 is 10.6 Å². The minimum Gasteiger partial charge on any atom is -0.355 e. The van der Waals surface area contributed by atoms with Gasteiger partial charge in [0.2, 0.25) is 5.91 Å². The molecule has 1 heterocycles. The Balaban J connectivity index is 2.02. The van der Waals surface area contributed by atoms with Crippen LogP contribution in [0.5, 0.6) is 0 Å². The molecule has 2 unspecified atom stereocenters. The van der Waals surface area contributed by atoms with Gasteiger partial charge in [0.15, 0.2) is 0 Å². The first-order valence-corrected chi connectivity index (χ1v) is 8.39. The molecule has 1 aliphatic heterocycles. The number of benzene rings is 1. The van der Waals surface area contributed by atoms with E-state index in [1.807, 2.05) is 6.92 Å². The fourth-order valence-corrected chi connectivity index (χ4v) is 3.13. The Morgan fingerprint density at radius 3 is 2.86 bits per heavy atom. The van der Waals surface area contributed by atoms with Crippen LogP contribution in [-0.4, -0.2) is 49.1 Å². The number of rotatable bonds is 5. The van der Waals surface area contributed by atoms with Gasteiger partial charge in [-0.25, -0.2) is 0 Å². The summed E-state index contributed by atoms with van der Waals surface area (Å²) in [6.45, 7) is 7.45. The van der Waals surface area contributed by atoms with Crippen LogP contribution in [0.4, 0.5) is 0 Å². The van der Waals surface area contributed by atoms with E-state index in [9.17, 15) is 4.79 Å². The van der Waals surface area contributed by atoms with Gasteiger partial charge in [0.05, 0.1) is 0 Å². The third kappa shape index (κ3) is 4.53. The molecule has 1 aliphatic rings. The molecule has 1 aromatic rings. The van der Waals surface area contributed by atoms with E-state index < -0.39 is 0 Å². The van der Waals surface area contributed by atoms with Gasteiger partial charge in [-0.05, 0) is 38.0 Å². The van der Waals surface area contributed by atoms with Crippen LogP contribution in [0.3, 0.4) is 0 Å². The lowest BCUT2D eigenvalue weighted by molar-refractivity contribution is -0.127. The number of piperazine rings is 1. The summed E-state index contributed by atoms with van der Waals surface area (Å²) < 4.78 is 1.10. The molecule has 4 nitrogen and oxygen atoms in total. The Kier molecular flexibility index (Phi) is 6.21. The van der Waals surface area contributed by atoms with Gasteiger partial charge in [0, 0.05) is 36.7 Å². The Morgan fingerprint density at radius 1 is 1.48 bits per heavy atom. The van der Waals surface area contributed by atoms with Crippen molar-refractivity contribution >= 4 is 21.8 Å². The molecular formula is C16H24BrN3O. The molecule has 0 aromatic heterocycles. The molecular weight excluding hydrogens is 330 g/mol. The maximum absolute atomic E-state index is 12.2. The third-order valence-electron chi connectivity index (χ3n) is 3.95. The van der Waals surface area contributed by atoms with E-state index in [1.54, 1.807) is 0 Å². The van der Waals surface area contributed by atoms with E-state index in [4.69, 9.17) is 0 Å². The largest absolute Gasteiger partial charge is 0.355 e. The predicted octanol–water partition coefficient (Wildman–Crippen LogP) is 1.79. The van der Waals surface area contributed by atoms with Crippen molar-refractivity contribution in [3.63, 3.8) is 0 Å². The maximum atomic E-state index is 12.2. The second-order valence-electron chi connectivity index (χ2n) is 5.53. The summed E-state index contributed by atoms with van der Waals surface area (Å²) in [5, 5.41) is 6.27. The molecule has 2 N–H and O–H groups in total. The summed E-state index contributed by atoms with van der Waals surface area (Å²) in [6, 6.07) is 8.71. The highest BCUT2D eigenvalue weighted by Gasteiger charge is 2.31. The first-order chi connectivity index (χ1) is 10.1. The van der Waals surface area contributed by atoms with Crippen LogP contribution >= 0.6 is 15.9 Å². The summed E-state index contributed by atoms with van der Waals surface area (Å²) in [5.41, 5.74) is 1.30. The predicted molar refractivity (Wildman–Crippen MR) is 89.4 cm³/mol. The van der Waals surface area contributed by atoms with Crippen LogP contribution in [0.25, 0.3) is 0 Å². The highest BCUT2D eigenvalue weighted by atomic mass is 79.9. The van der Waals surface area contributed by atoms with Gasteiger partial charge in [0.25, 0.3) is 0 Å². The molecule has 116 valence electrons. The lowest BCUT2D eigenvalue weighted by Gasteiger charge is -2.39. The Hall–Kier alpha value is -0.910. The lowest BCUT2D eigenvalue weighted by Crippen LogP contribution is -2.60. The van der Waals surface area contributed by atoms with E-state index in [0.29, 0.717) is 12.6 Å². The van der Waals surface area contributed by atoms with Crippen molar-refractivity contribution in [1.29, 1.82) is 0 Å². The lowest BCUT2D eigenvalue weighted by atomic mass is 10.0. The number of hydrogen-bond acceptors (Lipinski definition) is 3. The molecule has 2 rings (SSSR count). The zero-order chi connectivity index (χ0) is 15.2. The molecule has 21 heavy (non-hydrogen) atoms. The molecule has 0 spiro atoms. The van der Waals surface area contributed by atoms with Crippen LogP contribution in [0.1, 0.15) is 19.4 Å². The molecule has 1 saturated heterocycles. The fourth-order valence-electron chi connectivity index (χ4n) is 2.86. The van der Waals surface area contributed by atoms with Crippen LogP contribution in [0.15, 0.2) is 28.7 Å². The number of hydrogen-bond donors (Lipinski definition) is 2. The maximum Gasteiger partial charge on any atom is 0.238 e. The van der Waals surface area contributed by atoms with E-state index in [0.717, 1.165) is 30.5 Å². The summed E-state index contributed by atoms with van der Waals surface area (Å²) in [4.78, 5) is 14.5. The highest BCUT2D eigenvalue weighted by molar-refractivity contribution is 9.10. The zero-order valence-electron chi connectivity index (χ0n) is 12.7. The Bertz CT molecular complexity index is 463. The van der Waals surface area contributed by atoms with Crippen molar-refractivity contribution in [2.45, 2.75) is 32.4 Å². The fraction of sp³-hybridized carbons (Fsp3) is 0.562. The Morgan fingerprint density at radius 2 is 2.19 bits per heavy atom. The van der Waals surface area contributed by atoms with Crippen LogP contribution in [0, 0.1) is 0 Å². The van der Waals surface area contributed by atoms with Gasteiger partial charge >= 0.3 is 0 Å².